The molecule has 0 aromatic heterocycles. The van der Waals surface area contributed by atoms with Gasteiger partial charge in [0.2, 0.25) is 15.9 Å². The number of nitrogens with zero attached hydrogens (tertiary/aromatic N) is 1. The number of halogens is 2. The van der Waals surface area contributed by atoms with Crippen LogP contribution in [-0.2, 0) is 26.0 Å². The number of aliphatic carboxylic acids is 1. The molecule has 11 heteroatoms. The highest BCUT2D eigenvalue weighted by molar-refractivity contribution is 7.89. The molecule has 0 saturated carbocycles. The molecule has 8 nitrogen and oxygen atoms in total. The van der Waals surface area contributed by atoms with Crippen molar-refractivity contribution < 1.29 is 27.9 Å². The van der Waals surface area contributed by atoms with Gasteiger partial charge in [0.05, 0.1) is 4.90 Å². The van der Waals surface area contributed by atoms with Crippen molar-refractivity contribution in [2.45, 2.75) is 69.0 Å². The average molecular weight is 557 g/mol. The molecule has 1 aliphatic rings. The summed E-state index contributed by atoms with van der Waals surface area (Å²) in [5.74, 6) is -1.34. The molecule has 0 spiro atoms. The largest absolute Gasteiger partial charge is 0.488 e. The van der Waals surface area contributed by atoms with E-state index in [4.69, 9.17) is 27.9 Å². The number of nitrogens with one attached hydrogen (secondary N) is 1. The van der Waals surface area contributed by atoms with E-state index in [-0.39, 0.29) is 34.3 Å². The summed E-state index contributed by atoms with van der Waals surface area (Å²) in [6.45, 7) is 7.30. The summed E-state index contributed by atoms with van der Waals surface area (Å²) < 4.78 is 33.8. The predicted molar refractivity (Wildman–Crippen MR) is 138 cm³/mol. The lowest BCUT2D eigenvalue weighted by molar-refractivity contribution is -0.143. The van der Waals surface area contributed by atoms with Gasteiger partial charge in [0, 0.05) is 23.0 Å². The van der Waals surface area contributed by atoms with E-state index < -0.39 is 39.1 Å². The first-order chi connectivity index (χ1) is 16.6. The van der Waals surface area contributed by atoms with Crippen LogP contribution in [-0.4, -0.2) is 53.4 Å². The SMILES string of the molecule is CC(C)(C)Oc1cccc(C[C@H](NC(=O)[C@]2(C)CCCN2S(=O)(=O)c2cc(Cl)cc(Cl)c2)C(=O)O)c1. The molecule has 1 aliphatic heterocycles. The van der Waals surface area contributed by atoms with Crippen LogP contribution >= 0.6 is 23.2 Å². The number of benzene rings is 2. The number of carbonyl (C=O) groups is 2. The van der Waals surface area contributed by atoms with E-state index in [0.29, 0.717) is 17.7 Å². The van der Waals surface area contributed by atoms with Crippen LogP contribution in [0.15, 0.2) is 47.4 Å². The van der Waals surface area contributed by atoms with E-state index in [2.05, 4.69) is 5.32 Å². The molecule has 1 saturated heterocycles. The zero-order valence-electron chi connectivity index (χ0n) is 20.5. The molecule has 196 valence electrons. The molecule has 1 fully saturated rings. The quantitative estimate of drug-likeness (QED) is 0.494. The molecule has 1 amide bonds. The number of carboxylic acids is 1. The van der Waals surface area contributed by atoms with E-state index in [1.807, 2.05) is 20.8 Å². The second-order valence-electron chi connectivity index (χ2n) is 9.99. The Morgan fingerprint density at radius 2 is 1.81 bits per heavy atom. The number of ether oxygens (including phenoxy) is 1. The number of hydrogen-bond donors (Lipinski definition) is 2. The van der Waals surface area contributed by atoms with Crippen molar-refractivity contribution in [3.63, 3.8) is 0 Å². The van der Waals surface area contributed by atoms with Gasteiger partial charge in [0.25, 0.3) is 0 Å². The number of carboxylic acid groups (broad SMARTS) is 1. The summed E-state index contributed by atoms with van der Waals surface area (Å²) in [5, 5.41) is 12.7. The molecule has 1 heterocycles. The maximum Gasteiger partial charge on any atom is 0.326 e. The van der Waals surface area contributed by atoms with Crippen molar-refractivity contribution >= 4 is 45.1 Å². The topological polar surface area (TPSA) is 113 Å². The van der Waals surface area contributed by atoms with Crippen LogP contribution < -0.4 is 10.1 Å². The molecule has 2 atom stereocenters. The summed E-state index contributed by atoms with van der Waals surface area (Å²) in [4.78, 5) is 25.3. The number of amides is 1. The zero-order valence-corrected chi connectivity index (χ0v) is 22.9. The smallest absolute Gasteiger partial charge is 0.326 e. The van der Waals surface area contributed by atoms with E-state index in [0.717, 1.165) is 4.31 Å². The molecule has 2 N–H and O–H groups in total. The summed E-state index contributed by atoms with van der Waals surface area (Å²) in [6.07, 6.45) is 0.657. The van der Waals surface area contributed by atoms with Crippen molar-refractivity contribution in [1.82, 2.24) is 9.62 Å². The van der Waals surface area contributed by atoms with E-state index >= 15 is 0 Å². The number of sulfonamides is 1. The lowest BCUT2D eigenvalue weighted by Gasteiger charge is -2.34. The summed E-state index contributed by atoms with van der Waals surface area (Å²) in [5.41, 5.74) is -1.27. The van der Waals surface area contributed by atoms with Crippen molar-refractivity contribution in [3.8, 4) is 5.75 Å². The number of carbonyl (C=O) groups excluding carboxylic acids is 1. The fraction of sp³-hybridized carbons (Fsp3) is 0.440. The lowest BCUT2D eigenvalue weighted by atomic mass is 9.97. The van der Waals surface area contributed by atoms with Crippen LogP contribution in [0.5, 0.6) is 5.75 Å². The van der Waals surface area contributed by atoms with Gasteiger partial charge in [0.1, 0.15) is 22.9 Å². The Labute approximate surface area is 221 Å². The third-order valence-corrected chi connectivity index (χ3v) is 8.29. The molecule has 0 aliphatic carbocycles. The van der Waals surface area contributed by atoms with Crippen LogP contribution in [0.1, 0.15) is 46.1 Å². The first-order valence-corrected chi connectivity index (χ1v) is 13.6. The van der Waals surface area contributed by atoms with Crippen LogP contribution in [0, 0.1) is 0 Å². The van der Waals surface area contributed by atoms with E-state index in [9.17, 15) is 23.1 Å². The number of rotatable bonds is 8. The Kier molecular flexibility index (Phi) is 8.30. The molecule has 0 unspecified atom stereocenters. The predicted octanol–water partition coefficient (Wildman–Crippen LogP) is 4.53. The first kappa shape index (κ1) is 28.2. The molecule has 2 aromatic carbocycles. The van der Waals surface area contributed by atoms with Crippen molar-refractivity contribution in [2.24, 2.45) is 0 Å². The standard InChI is InChI=1S/C25H30Cl2N2O6S/c1-24(2,3)35-19-8-5-7-16(11-19)12-21(22(30)31)28-23(32)25(4)9-6-10-29(25)36(33,34)20-14-17(26)13-18(27)15-20/h5,7-8,11,13-15,21H,6,9-10,12H2,1-4H3,(H,28,32)(H,30,31)/t21-,25-/m0/s1. The monoisotopic (exact) mass is 556 g/mol. The molecule has 0 bridgehead atoms. The van der Waals surface area contributed by atoms with Crippen molar-refractivity contribution in [3.05, 3.63) is 58.1 Å². The van der Waals surface area contributed by atoms with Crippen LogP contribution in [0.4, 0.5) is 0 Å². The minimum atomic E-state index is -4.13. The van der Waals surface area contributed by atoms with Gasteiger partial charge in [-0.25, -0.2) is 13.2 Å². The third kappa shape index (κ3) is 6.51. The summed E-state index contributed by atoms with van der Waals surface area (Å²) in [7, 11) is -4.13. The Balaban J connectivity index is 1.83. The Morgan fingerprint density at radius 3 is 2.39 bits per heavy atom. The van der Waals surface area contributed by atoms with Gasteiger partial charge in [-0.3, -0.25) is 4.79 Å². The number of hydrogen-bond acceptors (Lipinski definition) is 5. The lowest BCUT2D eigenvalue weighted by Crippen LogP contribution is -2.58. The minimum absolute atomic E-state index is 0.00481. The molecule has 0 radical (unpaired) electrons. The third-order valence-electron chi connectivity index (χ3n) is 5.85. The molecule has 3 rings (SSSR count). The summed E-state index contributed by atoms with van der Waals surface area (Å²) in [6, 6.07) is 9.67. The second-order valence-corrected chi connectivity index (χ2v) is 12.7. The highest BCUT2D eigenvalue weighted by Gasteiger charge is 2.50. The fourth-order valence-electron chi connectivity index (χ4n) is 4.19. The van der Waals surface area contributed by atoms with E-state index in [1.165, 1.54) is 25.1 Å². The molecule has 2 aromatic rings. The highest BCUT2D eigenvalue weighted by atomic mass is 35.5. The highest BCUT2D eigenvalue weighted by Crippen LogP contribution is 2.36. The zero-order chi connectivity index (χ0) is 26.9. The maximum atomic E-state index is 13.4. The van der Waals surface area contributed by atoms with Gasteiger partial charge < -0.3 is 15.2 Å². The van der Waals surface area contributed by atoms with Crippen molar-refractivity contribution in [2.75, 3.05) is 6.54 Å². The van der Waals surface area contributed by atoms with Crippen LogP contribution in [0.25, 0.3) is 0 Å². The van der Waals surface area contributed by atoms with Crippen LogP contribution in [0.3, 0.4) is 0 Å². The van der Waals surface area contributed by atoms with Gasteiger partial charge in [-0.1, -0.05) is 35.3 Å². The normalized spacial score (nSPS) is 19.6. The Hall–Kier alpha value is -2.33. The van der Waals surface area contributed by atoms with Gasteiger partial charge in [-0.05, 0) is 76.4 Å². The van der Waals surface area contributed by atoms with Gasteiger partial charge in [-0.15, -0.1) is 0 Å². The summed E-state index contributed by atoms with van der Waals surface area (Å²) >= 11 is 12.0. The molecular formula is C25H30Cl2N2O6S. The van der Waals surface area contributed by atoms with E-state index in [1.54, 1.807) is 24.3 Å². The van der Waals surface area contributed by atoms with Gasteiger partial charge >= 0.3 is 5.97 Å². The fourth-order valence-corrected chi connectivity index (χ4v) is 6.73. The van der Waals surface area contributed by atoms with Crippen LogP contribution in [0.2, 0.25) is 10.0 Å². The van der Waals surface area contributed by atoms with Gasteiger partial charge in [0.15, 0.2) is 0 Å². The maximum absolute atomic E-state index is 13.4. The average Bonchev–Trinajstić information content (AvgIpc) is 3.15. The van der Waals surface area contributed by atoms with Crippen molar-refractivity contribution in [1.29, 1.82) is 0 Å². The Morgan fingerprint density at radius 1 is 1.17 bits per heavy atom. The Bertz CT molecular complexity index is 1240. The minimum Gasteiger partial charge on any atom is -0.488 e. The van der Waals surface area contributed by atoms with Gasteiger partial charge in [-0.2, -0.15) is 4.31 Å². The first-order valence-electron chi connectivity index (χ1n) is 11.4. The molecular weight excluding hydrogens is 527 g/mol. The second kappa shape index (κ2) is 10.6. The molecule has 36 heavy (non-hydrogen) atoms.